The first-order valence-electron chi connectivity index (χ1n) is 5.98. The average Bonchev–Trinajstić information content (AvgIpc) is 2.38. The molecule has 0 aliphatic rings. The molecule has 0 fully saturated rings. The third kappa shape index (κ3) is 3.24. The Kier molecular flexibility index (Phi) is 4.40. The summed E-state index contributed by atoms with van der Waals surface area (Å²) in [6.07, 6.45) is 0.616. The van der Waals surface area contributed by atoms with Crippen LogP contribution >= 0.6 is 23.2 Å². The molecule has 0 spiro atoms. The van der Waals surface area contributed by atoms with Crippen LogP contribution in [0.1, 0.15) is 28.6 Å². The summed E-state index contributed by atoms with van der Waals surface area (Å²) in [6.45, 7) is 3.80. The number of hydrogen-bond acceptors (Lipinski definition) is 3. The normalized spacial score (nSPS) is 12.5. The number of hydrogen-bond donors (Lipinski definition) is 1. The number of rotatable bonds is 3. The Morgan fingerprint density at radius 1 is 1.21 bits per heavy atom. The van der Waals surface area contributed by atoms with Gasteiger partial charge >= 0.3 is 0 Å². The second-order valence-electron chi connectivity index (χ2n) is 4.55. The Morgan fingerprint density at radius 3 is 2.68 bits per heavy atom. The fourth-order valence-corrected chi connectivity index (χ4v) is 2.40. The molecule has 1 aromatic carbocycles. The molecule has 19 heavy (non-hydrogen) atoms. The summed E-state index contributed by atoms with van der Waals surface area (Å²) in [5.41, 5.74) is 9.87. The molecule has 0 saturated heterocycles. The Morgan fingerprint density at radius 2 is 1.95 bits per heavy atom. The summed E-state index contributed by atoms with van der Waals surface area (Å²) >= 11 is 12.2. The number of halogens is 2. The van der Waals surface area contributed by atoms with Gasteiger partial charge in [-0.05, 0) is 43.5 Å². The highest BCUT2D eigenvalue weighted by Crippen LogP contribution is 2.29. The molecule has 1 aromatic heterocycles. The van der Waals surface area contributed by atoms with E-state index in [0.717, 1.165) is 22.5 Å². The molecule has 0 amide bonds. The quantitative estimate of drug-likeness (QED) is 0.940. The summed E-state index contributed by atoms with van der Waals surface area (Å²) in [5, 5.41) is 9.21. The summed E-state index contributed by atoms with van der Waals surface area (Å²) < 4.78 is 0. The molecule has 5 heteroatoms. The maximum atomic E-state index is 6.25. The SMILES string of the molecule is Cc1cc(C(N)Cc2cccc(Cl)c2Cl)c(C)nn1. The highest BCUT2D eigenvalue weighted by Gasteiger charge is 2.14. The van der Waals surface area contributed by atoms with Gasteiger partial charge in [0.05, 0.1) is 21.4 Å². The maximum Gasteiger partial charge on any atom is 0.0648 e. The zero-order valence-corrected chi connectivity index (χ0v) is 12.3. The van der Waals surface area contributed by atoms with Crippen molar-refractivity contribution in [1.82, 2.24) is 10.2 Å². The second-order valence-corrected chi connectivity index (χ2v) is 5.34. The number of nitrogens with two attached hydrogens (primary N) is 1. The maximum absolute atomic E-state index is 6.25. The zero-order chi connectivity index (χ0) is 14.0. The van der Waals surface area contributed by atoms with Crippen molar-refractivity contribution >= 4 is 23.2 Å². The van der Waals surface area contributed by atoms with E-state index in [4.69, 9.17) is 28.9 Å². The lowest BCUT2D eigenvalue weighted by Crippen LogP contribution is -2.16. The number of aromatic nitrogens is 2. The van der Waals surface area contributed by atoms with E-state index in [1.165, 1.54) is 0 Å². The minimum absolute atomic E-state index is 0.176. The van der Waals surface area contributed by atoms with Gasteiger partial charge in [-0.1, -0.05) is 35.3 Å². The van der Waals surface area contributed by atoms with E-state index in [2.05, 4.69) is 10.2 Å². The van der Waals surface area contributed by atoms with Gasteiger partial charge in [0.1, 0.15) is 0 Å². The minimum Gasteiger partial charge on any atom is -0.324 e. The Hall–Kier alpha value is -1.16. The predicted octanol–water partition coefficient (Wildman–Crippen LogP) is 3.64. The number of benzene rings is 1. The van der Waals surface area contributed by atoms with E-state index >= 15 is 0 Å². The van der Waals surface area contributed by atoms with E-state index in [0.29, 0.717) is 16.5 Å². The summed E-state index contributed by atoms with van der Waals surface area (Å²) in [5.74, 6) is 0. The van der Waals surface area contributed by atoms with Crippen molar-refractivity contribution in [3.63, 3.8) is 0 Å². The van der Waals surface area contributed by atoms with Crippen LogP contribution in [0.3, 0.4) is 0 Å². The highest BCUT2D eigenvalue weighted by atomic mass is 35.5. The lowest BCUT2D eigenvalue weighted by atomic mass is 9.98. The third-order valence-corrected chi connectivity index (χ3v) is 3.87. The Labute approximate surface area is 122 Å². The average molecular weight is 296 g/mol. The smallest absolute Gasteiger partial charge is 0.0648 e. The van der Waals surface area contributed by atoms with Gasteiger partial charge in [0.2, 0.25) is 0 Å². The molecule has 0 radical (unpaired) electrons. The Bertz CT molecular complexity index is 599. The lowest BCUT2D eigenvalue weighted by Gasteiger charge is -2.15. The molecule has 0 aliphatic heterocycles. The largest absolute Gasteiger partial charge is 0.324 e. The third-order valence-electron chi connectivity index (χ3n) is 3.01. The molecule has 2 aromatic rings. The summed E-state index contributed by atoms with van der Waals surface area (Å²) in [6, 6.07) is 7.36. The van der Waals surface area contributed by atoms with E-state index in [9.17, 15) is 0 Å². The molecule has 0 saturated carbocycles. The van der Waals surface area contributed by atoms with Crippen LogP contribution in [-0.4, -0.2) is 10.2 Å². The lowest BCUT2D eigenvalue weighted by molar-refractivity contribution is 0.700. The molecule has 0 bridgehead atoms. The molecule has 3 nitrogen and oxygen atoms in total. The van der Waals surface area contributed by atoms with Gasteiger partial charge in [0.15, 0.2) is 0 Å². The van der Waals surface area contributed by atoms with Crippen molar-refractivity contribution in [2.75, 3.05) is 0 Å². The van der Waals surface area contributed by atoms with Crippen LogP contribution < -0.4 is 5.73 Å². The zero-order valence-electron chi connectivity index (χ0n) is 10.8. The molecule has 1 atom stereocenters. The molecular weight excluding hydrogens is 281 g/mol. The monoisotopic (exact) mass is 295 g/mol. The molecular formula is C14H15Cl2N3. The van der Waals surface area contributed by atoms with Crippen LogP contribution in [0.4, 0.5) is 0 Å². The van der Waals surface area contributed by atoms with Gasteiger partial charge in [-0.3, -0.25) is 0 Å². The van der Waals surface area contributed by atoms with Crippen LogP contribution in [0.25, 0.3) is 0 Å². The van der Waals surface area contributed by atoms with Gasteiger partial charge in [-0.2, -0.15) is 10.2 Å². The fourth-order valence-electron chi connectivity index (χ4n) is 2.00. The second kappa shape index (κ2) is 5.87. The van der Waals surface area contributed by atoms with E-state index in [1.807, 2.05) is 32.0 Å². The highest BCUT2D eigenvalue weighted by molar-refractivity contribution is 6.42. The first-order valence-corrected chi connectivity index (χ1v) is 6.74. The van der Waals surface area contributed by atoms with Gasteiger partial charge in [-0.15, -0.1) is 0 Å². The molecule has 2 rings (SSSR count). The first-order chi connectivity index (χ1) is 8.99. The van der Waals surface area contributed by atoms with Gasteiger partial charge in [0, 0.05) is 6.04 Å². The van der Waals surface area contributed by atoms with E-state index in [-0.39, 0.29) is 6.04 Å². The van der Waals surface area contributed by atoms with Gasteiger partial charge in [0.25, 0.3) is 0 Å². The van der Waals surface area contributed by atoms with E-state index < -0.39 is 0 Å². The summed E-state index contributed by atoms with van der Waals surface area (Å²) in [4.78, 5) is 0. The predicted molar refractivity (Wildman–Crippen MR) is 78.6 cm³/mol. The number of aryl methyl sites for hydroxylation is 2. The van der Waals surface area contributed by atoms with Crippen LogP contribution in [-0.2, 0) is 6.42 Å². The van der Waals surface area contributed by atoms with Crippen LogP contribution in [0, 0.1) is 13.8 Å². The molecule has 100 valence electrons. The molecule has 0 aliphatic carbocycles. The summed E-state index contributed by atoms with van der Waals surface area (Å²) in [7, 11) is 0. The van der Waals surface area contributed by atoms with Crippen molar-refractivity contribution in [2.24, 2.45) is 5.73 Å². The van der Waals surface area contributed by atoms with Gasteiger partial charge < -0.3 is 5.73 Å². The number of nitrogens with zero attached hydrogens (tertiary/aromatic N) is 2. The molecule has 2 N–H and O–H groups in total. The first kappa shape index (κ1) is 14.3. The fraction of sp³-hybridized carbons (Fsp3) is 0.286. The van der Waals surface area contributed by atoms with Crippen LogP contribution in [0.5, 0.6) is 0 Å². The van der Waals surface area contributed by atoms with Crippen molar-refractivity contribution in [1.29, 1.82) is 0 Å². The van der Waals surface area contributed by atoms with Crippen LogP contribution in [0.15, 0.2) is 24.3 Å². The minimum atomic E-state index is -0.176. The van der Waals surface area contributed by atoms with Crippen molar-refractivity contribution in [3.8, 4) is 0 Å². The van der Waals surface area contributed by atoms with Gasteiger partial charge in [-0.25, -0.2) is 0 Å². The van der Waals surface area contributed by atoms with Crippen molar-refractivity contribution in [2.45, 2.75) is 26.3 Å². The van der Waals surface area contributed by atoms with Crippen molar-refractivity contribution in [3.05, 3.63) is 56.8 Å². The standard InChI is InChI=1S/C14H15Cl2N3/c1-8-6-11(9(2)19-18-8)13(17)7-10-4-3-5-12(15)14(10)16/h3-6,13H,7,17H2,1-2H3. The van der Waals surface area contributed by atoms with Crippen molar-refractivity contribution < 1.29 is 0 Å². The van der Waals surface area contributed by atoms with Crippen LogP contribution in [0.2, 0.25) is 10.0 Å². The Balaban J connectivity index is 2.28. The topological polar surface area (TPSA) is 51.8 Å². The molecule has 1 unspecified atom stereocenters. The van der Waals surface area contributed by atoms with E-state index in [1.54, 1.807) is 6.07 Å². The molecule has 1 heterocycles.